The number of carbonyl (C=O) groups excluding carboxylic acids is 1. The molecule has 23 heavy (non-hydrogen) atoms. The molecule has 0 unspecified atom stereocenters. The molecule has 3 heterocycles. The molecule has 7 nitrogen and oxygen atoms in total. The van der Waals surface area contributed by atoms with Crippen LogP contribution in [0.2, 0.25) is 0 Å². The van der Waals surface area contributed by atoms with E-state index >= 15 is 0 Å². The smallest absolute Gasteiger partial charge is 0.323 e. The van der Waals surface area contributed by atoms with E-state index in [4.69, 9.17) is 0 Å². The van der Waals surface area contributed by atoms with Crippen LogP contribution < -0.4 is 5.32 Å². The van der Waals surface area contributed by atoms with E-state index in [1.54, 1.807) is 12.3 Å². The number of anilines is 1. The van der Waals surface area contributed by atoms with Crippen molar-refractivity contribution in [1.82, 2.24) is 24.6 Å². The summed E-state index contributed by atoms with van der Waals surface area (Å²) in [6.45, 7) is 1.46. The van der Waals surface area contributed by atoms with Crippen molar-refractivity contribution in [2.45, 2.75) is 37.6 Å². The Labute approximate surface area is 134 Å². The number of hydrogen-bond donors (Lipinski definition) is 1. The van der Waals surface area contributed by atoms with Crippen LogP contribution in [0.3, 0.4) is 0 Å². The van der Waals surface area contributed by atoms with Gasteiger partial charge in [0.2, 0.25) is 0 Å². The number of urea groups is 1. The molecule has 2 aromatic rings. The number of amides is 2. The molecule has 0 bridgehead atoms. The normalized spacial score (nSPS) is 21.2. The number of nitrogens with one attached hydrogen (secondary N) is 1. The summed E-state index contributed by atoms with van der Waals surface area (Å²) in [7, 11) is 0. The number of nitrogens with zero attached hydrogens (tertiary/aromatic N) is 5. The number of rotatable bonds is 3. The average molecular weight is 312 g/mol. The standard InChI is InChI=1S/C16H20N6O/c23-16(19-14-5-1-2-8-17-14)21-9-3-4-12(10-21)15-20-18-11-22(15)13-6-7-13/h1-2,5,8,11-13H,3-4,6-7,9-10H2,(H,17,19,23)/t12-/m0/s1. The van der Waals surface area contributed by atoms with Gasteiger partial charge in [0.05, 0.1) is 0 Å². The molecule has 0 spiro atoms. The van der Waals surface area contributed by atoms with Gasteiger partial charge >= 0.3 is 6.03 Å². The van der Waals surface area contributed by atoms with Crippen LogP contribution in [0.25, 0.3) is 0 Å². The summed E-state index contributed by atoms with van der Waals surface area (Å²) in [5.74, 6) is 1.88. The summed E-state index contributed by atoms with van der Waals surface area (Å²) < 4.78 is 2.20. The largest absolute Gasteiger partial charge is 0.324 e. The molecule has 1 saturated carbocycles. The maximum absolute atomic E-state index is 12.4. The number of pyridine rings is 1. The van der Waals surface area contributed by atoms with Gasteiger partial charge in [0, 0.05) is 31.2 Å². The predicted molar refractivity (Wildman–Crippen MR) is 85.1 cm³/mol. The van der Waals surface area contributed by atoms with E-state index in [0.29, 0.717) is 18.4 Å². The minimum absolute atomic E-state index is 0.0918. The van der Waals surface area contributed by atoms with E-state index in [2.05, 4.69) is 25.1 Å². The zero-order valence-electron chi connectivity index (χ0n) is 12.9. The summed E-state index contributed by atoms with van der Waals surface area (Å²) in [5, 5.41) is 11.3. The second-order valence-electron chi connectivity index (χ2n) is 6.26. The Kier molecular flexibility index (Phi) is 3.69. The van der Waals surface area contributed by atoms with E-state index < -0.39 is 0 Å². The highest BCUT2D eigenvalue weighted by molar-refractivity contribution is 5.88. The predicted octanol–water partition coefficient (Wildman–Crippen LogP) is 2.42. The van der Waals surface area contributed by atoms with E-state index in [9.17, 15) is 4.79 Å². The molecule has 1 saturated heterocycles. The SMILES string of the molecule is O=C(Nc1ccccn1)N1CCC[C@H](c2nncn2C2CC2)C1. The van der Waals surface area contributed by atoms with Crippen molar-refractivity contribution in [2.24, 2.45) is 0 Å². The fourth-order valence-corrected chi connectivity index (χ4v) is 3.18. The van der Waals surface area contributed by atoms with Crippen molar-refractivity contribution in [3.63, 3.8) is 0 Å². The zero-order valence-corrected chi connectivity index (χ0v) is 12.9. The Hall–Kier alpha value is -2.44. The van der Waals surface area contributed by atoms with Crippen LogP contribution >= 0.6 is 0 Å². The molecule has 2 fully saturated rings. The lowest BCUT2D eigenvalue weighted by Crippen LogP contribution is -2.42. The Balaban J connectivity index is 1.44. The maximum Gasteiger partial charge on any atom is 0.323 e. The molecule has 1 aliphatic carbocycles. The Morgan fingerprint density at radius 1 is 1.26 bits per heavy atom. The fraction of sp³-hybridized carbons (Fsp3) is 0.500. The van der Waals surface area contributed by atoms with Gasteiger partial charge in [0.1, 0.15) is 18.0 Å². The number of piperidine rings is 1. The van der Waals surface area contributed by atoms with Crippen molar-refractivity contribution in [3.05, 3.63) is 36.5 Å². The van der Waals surface area contributed by atoms with Gasteiger partial charge < -0.3 is 9.47 Å². The lowest BCUT2D eigenvalue weighted by molar-refractivity contribution is 0.190. The Bertz CT molecular complexity index is 681. The van der Waals surface area contributed by atoms with E-state index in [-0.39, 0.29) is 11.9 Å². The fourth-order valence-electron chi connectivity index (χ4n) is 3.18. The molecular formula is C16H20N6O. The molecule has 2 amide bonds. The van der Waals surface area contributed by atoms with Gasteiger partial charge in [-0.05, 0) is 37.8 Å². The van der Waals surface area contributed by atoms with Gasteiger partial charge in [-0.15, -0.1) is 10.2 Å². The van der Waals surface area contributed by atoms with Crippen LogP contribution in [-0.4, -0.2) is 43.8 Å². The maximum atomic E-state index is 12.4. The molecule has 1 atom stereocenters. The number of aromatic nitrogens is 4. The molecule has 0 radical (unpaired) electrons. The van der Waals surface area contributed by atoms with E-state index in [1.807, 2.05) is 23.4 Å². The summed E-state index contributed by atoms with van der Waals surface area (Å²) in [4.78, 5) is 18.4. The van der Waals surface area contributed by atoms with Gasteiger partial charge in [0.15, 0.2) is 0 Å². The number of carbonyl (C=O) groups is 1. The topological polar surface area (TPSA) is 75.9 Å². The van der Waals surface area contributed by atoms with Crippen molar-refractivity contribution in [3.8, 4) is 0 Å². The van der Waals surface area contributed by atoms with Gasteiger partial charge in [-0.1, -0.05) is 6.07 Å². The van der Waals surface area contributed by atoms with Crippen LogP contribution in [0, 0.1) is 0 Å². The monoisotopic (exact) mass is 312 g/mol. The van der Waals surface area contributed by atoms with Crippen LogP contribution in [0.1, 0.15) is 43.5 Å². The van der Waals surface area contributed by atoms with Crippen LogP contribution in [-0.2, 0) is 0 Å². The minimum atomic E-state index is -0.0918. The quantitative estimate of drug-likeness (QED) is 0.944. The summed E-state index contributed by atoms with van der Waals surface area (Å²) in [6, 6.07) is 5.96. The summed E-state index contributed by atoms with van der Waals surface area (Å²) in [6.07, 6.45) is 7.96. The van der Waals surface area contributed by atoms with Crippen molar-refractivity contribution in [1.29, 1.82) is 0 Å². The van der Waals surface area contributed by atoms with Crippen LogP contribution in [0.5, 0.6) is 0 Å². The highest BCUT2D eigenvalue weighted by Gasteiger charge is 2.32. The Morgan fingerprint density at radius 3 is 2.96 bits per heavy atom. The van der Waals surface area contributed by atoms with Crippen LogP contribution in [0.4, 0.5) is 10.6 Å². The highest BCUT2D eigenvalue weighted by Crippen LogP contribution is 2.38. The highest BCUT2D eigenvalue weighted by atomic mass is 16.2. The molecule has 2 aromatic heterocycles. The van der Waals surface area contributed by atoms with E-state index in [1.165, 1.54) is 12.8 Å². The number of hydrogen-bond acceptors (Lipinski definition) is 4. The molecule has 1 aliphatic heterocycles. The molecule has 7 heteroatoms. The summed E-state index contributed by atoms with van der Waals surface area (Å²) >= 11 is 0. The second kappa shape index (κ2) is 5.98. The molecule has 2 aliphatic rings. The van der Waals surface area contributed by atoms with Crippen LogP contribution in [0.15, 0.2) is 30.7 Å². The third-order valence-corrected chi connectivity index (χ3v) is 4.51. The van der Waals surface area contributed by atoms with Gasteiger partial charge in [-0.2, -0.15) is 0 Å². The average Bonchev–Trinajstić information content (AvgIpc) is 3.32. The first kappa shape index (κ1) is 14.2. The molecule has 0 aromatic carbocycles. The second-order valence-corrected chi connectivity index (χ2v) is 6.26. The van der Waals surface area contributed by atoms with E-state index in [0.717, 1.165) is 25.2 Å². The molecule has 120 valence electrons. The first-order chi connectivity index (χ1) is 11.3. The minimum Gasteiger partial charge on any atom is -0.324 e. The third kappa shape index (κ3) is 3.04. The van der Waals surface area contributed by atoms with Crippen molar-refractivity contribution in [2.75, 3.05) is 18.4 Å². The molecule has 1 N–H and O–H groups in total. The number of likely N-dealkylation sites (tertiary alicyclic amines) is 1. The first-order valence-electron chi connectivity index (χ1n) is 8.17. The van der Waals surface area contributed by atoms with Gasteiger partial charge in [-0.3, -0.25) is 5.32 Å². The molecular weight excluding hydrogens is 292 g/mol. The summed E-state index contributed by atoms with van der Waals surface area (Å²) in [5.41, 5.74) is 0. The van der Waals surface area contributed by atoms with Gasteiger partial charge in [0.25, 0.3) is 0 Å². The van der Waals surface area contributed by atoms with Gasteiger partial charge in [-0.25, -0.2) is 9.78 Å². The third-order valence-electron chi connectivity index (χ3n) is 4.51. The van der Waals surface area contributed by atoms with Crippen molar-refractivity contribution >= 4 is 11.8 Å². The molecule has 4 rings (SSSR count). The lowest BCUT2D eigenvalue weighted by Gasteiger charge is -2.32. The van der Waals surface area contributed by atoms with Crippen molar-refractivity contribution < 1.29 is 4.79 Å². The lowest BCUT2D eigenvalue weighted by atomic mass is 9.97. The Morgan fingerprint density at radius 2 is 2.17 bits per heavy atom. The zero-order chi connectivity index (χ0) is 15.6. The first-order valence-corrected chi connectivity index (χ1v) is 8.17.